The third kappa shape index (κ3) is 2.09. The highest BCUT2D eigenvalue weighted by Crippen LogP contribution is 2.24. The SMILES string of the molecule is CCSC1CC(=O)N(CC=O)C1=O. The summed E-state index contributed by atoms with van der Waals surface area (Å²) in [6.45, 7) is 1.84. The largest absolute Gasteiger partial charge is 0.301 e. The van der Waals surface area contributed by atoms with E-state index in [0.29, 0.717) is 6.29 Å². The van der Waals surface area contributed by atoms with Gasteiger partial charge in [-0.1, -0.05) is 6.92 Å². The molecule has 13 heavy (non-hydrogen) atoms. The summed E-state index contributed by atoms with van der Waals surface area (Å²) in [5, 5.41) is -0.266. The first-order chi connectivity index (χ1) is 6.20. The molecule has 0 N–H and O–H groups in total. The van der Waals surface area contributed by atoms with E-state index in [9.17, 15) is 14.4 Å². The van der Waals surface area contributed by atoms with Gasteiger partial charge in [0.05, 0.1) is 11.8 Å². The van der Waals surface area contributed by atoms with Crippen LogP contribution in [0.5, 0.6) is 0 Å². The smallest absolute Gasteiger partial charge is 0.243 e. The van der Waals surface area contributed by atoms with Gasteiger partial charge in [0.1, 0.15) is 6.29 Å². The Labute approximate surface area is 80.7 Å². The highest BCUT2D eigenvalue weighted by atomic mass is 32.2. The van der Waals surface area contributed by atoms with Gasteiger partial charge in [-0.25, -0.2) is 0 Å². The van der Waals surface area contributed by atoms with Crippen LogP contribution in [0.4, 0.5) is 0 Å². The summed E-state index contributed by atoms with van der Waals surface area (Å²) in [4.78, 5) is 33.8. The van der Waals surface area contributed by atoms with Crippen molar-refractivity contribution in [3.05, 3.63) is 0 Å². The van der Waals surface area contributed by atoms with Crippen LogP contribution in [0.15, 0.2) is 0 Å². The lowest BCUT2D eigenvalue weighted by molar-refractivity contribution is -0.139. The van der Waals surface area contributed by atoms with Crippen LogP contribution in [0.2, 0.25) is 0 Å². The number of likely N-dealkylation sites (tertiary alicyclic amines) is 1. The van der Waals surface area contributed by atoms with E-state index in [1.807, 2.05) is 6.92 Å². The summed E-state index contributed by atoms with van der Waals surface area (Å²) in [5.41, 5.74) is 0. The van der Waals surface area contributed by atoms with Crippen LogP contribution in [-0.2, 0) is 14.4 Å². The van der Waals surface area contributed by atoms with Gasteiger partial charge in [0.15, 0.2) is 0 Å². The molecule has 1 aliphatic heterocycles. The topological polar surface area (TPSA) is 54.5 Å². The molecule has 1 rings (SSSR count). The maximum Gasteiger partial charge on any atom is 0.243 e. The molecule has 0 aromatic heterocycles. The summed E-state index contributed by atoms with van der Waals surface area (Å²) in [7, 11) is 0. The molecule has 0 aromatic rings. The molecule has 0 bridgehead atoms. The molecule has 1 heterocycles. The molecule has 2 amide bonds. The second kappa shape index (κ2) is 4.41. The number of nitrogens with zero attached hydrogens (tertiary/aromatic N) is 1. The number of thioether (sulfide) groups is 1. The predicted molar refractivity (Wildman–Crippen MR) is 49.3 cm³/mol. The molecule has 0 spiro atoms. The molecular weight excluding hydrogens is 190 g/mol. The van der Waals surface area contributed by atoms with Crippen molar-refractivity contribution in [2.45, 2.75) is 18.6 Å². The second-order valence-corrected chi connectivity index (χ2v) is 4.14. The van der Waals surface area contributed by atoms with Crippen molar-refractivity contribution >= 4 is 29.9 Å². The molecule has 5 heteroatoms. The second-order valence-electron chi connectivity index (χ2n) is 2.66. The molecule has 1 unspecified atom stereocenters. The lowest BCUT2D eigenvalue weighted by atomic mass is 10.4. The van der Waals surface area contributed by atoms with Crippen LogP contribution in [0.25, 0.3) is 0 Å². The highest BCUT2D eigenvalue weighted by Gasteiger charge is 2.37. The predicted octanol–water partition coefficient (Wildman–Crippen LogP) is 0.0659. The zero-order chi connectivity index (χ0) is 9.84. The standard InChI is InChI=1S/C8H11NO3S/c1-2-13-6-5-7(11)9(3-4-10)8(6)12/h4,6H,2-3,5H2,1H3. The van der Waals surface area contributed by atoms with Crippen molar-refractivity contribution in [3.63, 3.8) is 0 Å². The number of rotatable bonds is 4. The molecule has 0 radical (unpaired) electrons. The number of amides is 2. The lowest BCUT2D eigenvalue weighted by Gasteiger charge is -2.09. The molecular formula is C8H11NO3S. The summed E-state index contributed by atoms with van der Waals surface area (Å²) in [6.07, 6.45) is 0.819. The summed E-state index contributed by atoms with van der Waals surface area (Å²) in [6, 6.07) is 0. The van der Waals surface area contributed by atoms with E-state index in [1.165, 1.54) is 11.8 Å². The normalized spacial score (nSPS) is 22.5. The fourth-order valence-electron chi connectivity index (χ4n) is 1.25. The van der Waals surface area contributed by atoms with Crippen LogP contribution < -0.4 is 0 Å². The van der Waals surface area contributed by atoms with Gasteiger partial charge in [-0.3, -0.25) is 14.5 Å². The molecule has 1 fully saturated rings. The number of imide groups is 1. The lowest BCUT2D eigenvalue weighted by Crippen LogP contribution is -2.32. The molecule has 0 aromatic carbocycles. The number of hydrogen-bond acceptors (Lipinski definition) is 4. The molecule has 0 aliphatic carbocycles. The number of aldehydes is 1. The average Bonchev–Trinajstić information content (AvgIpc) is 2.34. The van der Waals surface area contributed by atoms with E-state index in [0.717, 1.165) is 10.7 Å². The zero-order valence-electron chi connectivity index (χ0n) is 7.36. The Kier molecular flexibility index (Phi) is 3.48. The minimum atomic E-state index is -0.266. The summed E-state index contributed by atoms with van der Waals surface area (Å²) >= 11 is 1.45. The van der Waals surface area contributed by atoms with Crippen molar-refractivity contribution in [3.8, 4) is 0 Å². The van der Waals surface area contributed by atoms with Gasteiger partial charge in [0.2, 0.25) is 11.8 Å². The van der Waals surface area contributed by atoms with Gasteiger partial charge in [0, 0.05) is 6.42 Å². The molecule has 4 nitrogen and oxygen atoms in total. The van der Waals surface area contributed by atoms with Gasteiger partial charge < -0.3 is 4.79 Å². The first kappa shape index (κ1) is 10.2. The van der Waals surface area contributed by atoms with Gasteiger partial charge >= 0.3 is 0 Å². The van der Waals surface area contributed by atoms with Crippen LogP contribution in [0, 0.1) is 0 Å². The van der Waals surface area contributed by atoms with E-state index in [4.69, 9.17) is 0 Å². The Hall–Kier alpha value is -0.840. The first-order valence-electron chi connectivity index (χ1n) is 4.10. The van der Waals surface area contributed by atoms with Crippen molar-refractivity contribution in [1.29, 1.82) is 0 Å². The fraction of sp³-hybridized carbons (Fsp3) is 0.625. The van der Waals surface area contributed by atoms with Crippen LogP contribution in [0.3, 0.4) is 0 Å². The monoisotopic (exact) mass is 201 g/mol. The van der Waals surface area contributed by atoms with E-state index in [1.54, 1.807) is 0 Å². The first-order valence-corrected chi connectivity index (χ1v) is 5.15. The fourth-order valence-corrected chi connectivity index (χ4v) is 2.18. The zero-order valence-corrected chi connectivity index (χ0v) is 8.17. The highest BCUT2D eigenvalue weighted by molar-refractivity contribution is 8.00. The molecule has 72 valence electrons. The molecule has 1 aliphatic rings. The van der Waals surface area contributed by atoms with Crippen LogP contribution in [-0.4, -0.2) is 40.5 Å². The minimum Gasteiger partial charge on any atom is -0.301 e. The Morgan fingerprint density at radius 1 is 1.62 bits per heavy atom. The summed E-state index contributed by atoms with van der Waals surface area (Å²) in [5.74, 6) is 0.352. The molecule has 1 saturated heterocycles. The number of carbonyl (C=O) groups excluding carboxylic acids is 3. The summed E-state index contributed by atoms with van der Waals surface area (Å²) < 4.78 is 0. The quantitative estimate of drug-likeness (QED) is 0.477. The Bertz CT molecular complexity index is 242. The third-order valence-electron chi connectivity index (χ3n) is 1.83. The van der Waals surface area contributed by atoms with Gasteiger partial charge in [-0.05, 0) is 5.75 Å². The van der Waals surface area contributed by atoms with E-state index >= 15 is 0 Å². The van der Waals surface area contributed by atoms with Gasteiger partial charge in [0.25, 0.3) is 0 Å². The van der Waals surface area contributed by atoms with Crippen molar-refractivity contribution in [2.24, 2.45) is 0 Å². The van der Waals surface area contributed by atoms with E-state index < -0.39 is 0 Å². The van der Waals surface area contributed by atoms with Gasteiger partial charge in [-0.2, -0.15) is 0 Å². The Balaban J connectivity index is 2.63. The van der Waals surface area contributed by atoms with Gasteiger partial charge in [-0.15, -0.1) is 11.8 Å². The van der Waals surface area contributed by atoms with Crippen molar-refractivity contribution in [2.75, 3.05) is 12.3 Å². The van der Waals surface area contributed by atoms with Crippen molar-refractivity contribution < 1.29 is 14.4 Å². The maximum atomic E-state index is 11.4. The molecule has 0 saturated carbocycles. The third-order valence-corrected chi connectivity index (χ3v) is 2.93. The number of carbonyl (C=O) groups is 3. The van der Waals surface area contributed by atoms with Crippen LogP contribution in [0.1, 0.15) is 13.3 Å². The van der Waals surface area contributed by atoms with E-state index in [2.05, 4.69) is 0 Å². The van der Waals surface area contributed by atoms with Crippen LogP contribution >= 0.6 is 11.8 Å². The average molecular weight is 201 g/mol. The number of hydrogen-bond donors (Lipinski definition) is 0. The van der Waals surface area contributed by atoms with Crippen molar-refractivity contribution in [1.82, 2.24) is 4.90 Å². The maximum absolute atomic E-state index is 11.4. The molecule has 1 atom stereocenters. The minimum absolute atomic E-state index is 0.0988. The Morgan fingerprint density at radius 3 is 2.85 bits per heavy atom. The Morgan fingerprint density at radius 2 is 2.31 bits per heavy atom. The van der Waals surface area contributed by atoms with E-state index in [-0.39, 0.29) is 30.0 Å².